The largest absolute Gasteiger partial charge is 0.491 e. The van der Waals surface area contributed by atoms with Gasteiger partial charge in [0.15, 0.2) is 0 Å². The summed E-state index contributed by atoms with van der Waals surface area (Å²) >= 11 is 0. The van der Waals surface area contributed by atoms with Crippen molar-refractivity contribution in [3.63, 3.8) is 0 Å². The Morgan fingerprint density at radius 3 is 2.19 bits per heavy atom. The summed E-state index contributed by atoms with van der Waals surface area (Å²) < 4.78 is 10.4. The Bertz CT molecular complexity index is 745. The van der Waals surface area contributed by atoms with Crippen LogP contribution in [0.25, 0.3) is 0 Å². The van der Waals surface area contributed by atoms with E-state index >= 15 is 0 Å². The van der Waals surface area contributed by atoms with Crippen LogP contribution in [-0.2, 0) is 14.3 Å². The molecule has 0 atom stereocenters. The highest BCUT2D eigenvalue weighted by atomic mass is 16.5. The van der Waals surface area contributed by atoms with Crippen molar-refractivity contribution in [2.75, 3.05) is 49.4 Å². The van der Waals surface area contributed by atoms with Crippen molar-refractivity contribution in [2.24, 2.45) is 0 Å². The highest BCUT2D eigenvalue weighted by molar-refractivity contribution is 5.94. The second kappa shape index (κ2) is 10.2. The maximum Gasteiger partial charge on any atom is 0.243 e. The van der Waals surface area contributed by atoms with Crippen LogP contribution in [0.4, 0.5) is 17.1 Å². The van der Waals surface area contributed by atoms with E-state index in [1.165, 1.54) is 11.8 Å². The summed E-state index contributed by atoms with van der Waals surface area (Å²) in [4.78, 5) is 25.0. The number of benzene rings is 2. The van der Waals surface area contributed by atoms with Gasteiger partial charge in [0.25, 0.3) is 0 Å². The van der Waals surface area contributed by atoms with Crippen LogP contribution in [0.2, 0.25) is 0 Å². The van der Waals surface area contributed by atoms with Gasteiger partial charge in [0, 0.05) is 38.1 Å². The minimum atomic E-state index is -0.164. The Hall–Kier alpha value is -3.06. The van der Waals surface area contributed by atoms with E-state index in [0.29, 0.717) is 18.9 Å². The number of carbonyl (C=O) groups is 2. The average Bonchev–Trinajstić information content (AvgIpc) is 2.67. The number of ether oxygens (including phenoxy) is 2. The first-order valence-corrected chi connectivity index (χ1v) is 8.59. The molecule has 0 unspecified atom stereocenters. The van der Waals surface area contributed by atoms with Crippen molar-refractivity contribution < 1.29 is 19.1 Å². The Morgan fingerprint density at radius 1 is 0.963 bits per heavy atom. The predicted molar refractivity (Wildman–Crippen MR) is 106 cm³/mol. The molecular formula is C20H25N3O4. The zero-order chi connectivity index (χ0) is 19.6. The minimum absolute atomic E-state index is 0.0499. The van der Waals surface area contributed by atoms with Crippen LogP contribution in [0.1, 0.15) is 6.92 Å². The Kier molecular flexibility index (Phi) is 7.63. The number of anilines is 3. The first-order chi connectivity index (χ1) is 13.0. The van der Waals surface area contributed by atoms with E-state index in [0.717, 1.165) is 17.1 Å². The summed E-state index contributed by atoms with van der Waals surface area (Å²) in [6, 6.07) is 14.5. The van der Waals surface area contributed by atoms with Crippen LogP contribution in [0.3, 0.4) is 0 Å². The fourth-order valence-corrected chi connectivity index (χ4v) is 2.25. The van der Waals surface area contributed by atoms with Crippen LogP contribution in [0, 0.1) is 0 Å². The molecule has 7 nitrogen and oxygen atoms in total. The quantitative estimate of drug-likeness (QED) is 0.663. The lowest BCUT2D eigenvalue weighted by molar-refractivity contribution is -0.116. The smallest absolute Gasteiger partial charge is 0.243 e. The molecule has 0 bridgehead atoms. The lowest BCUT2D eigenvalue weighted by atomic mass is 10.2. The number of nitrogens with one attached hydrogen (secondary N) is 2. The first kappa shape index (κ1) is 20.3. The topological polar surface area (TPSA) is 79.9 Å². The molecule has 7 heteroatoms. The molecule has 0 radical (unpaired) electrons. The number of carbonyl (C=O) groups excluding carboxylic acids is 2. The lowest BCUT2D eigenvalue weighted by Gasteiger charge is -2.15. The molecule has 0 heterocycles. The van der Waals surface area contributed by atoms with Crippen molar-refractivity contribution in [3.05, 3.63) is 48.5 Å². The summed E-state index contributed by atoms with van der Waals surface area (Å²) in [5.41, 5.74) is 2.26. The number of rotatable bonds is 9. The Morgan fingerprint density at radius 2 is 1.59 bits per heavy atom. The summed E-state index contributed by atoms with van der Waals surface area (Å²) in [5, 5.41) is 5.87. The van der Waals surface area contributed by atoms with Crippen molar-refractivity contribution in [3.8, 4) is 5.75 Å². The van der Waals surface area contributed by atoms with Crippen LogP contribution in [0.15, 0.2) is 48.5 Å². The van der Waals surface area contributed by atoms with Crippen molar-refractivity contribution in [1.29, 1.82) is 0 Å². The highest BCUT2D eigenvalue weighted by Gasteiger charge is 2.06. The maximum absolute atomic E-state index is 12.1. The number of amides is 2. The summed E-state index contributed by atoms with van der Waals surface area (Å²) in [6.07, 6.45) is 0. The van der Waals surface area contributed by atoms with Gasteiger partial charge in [0.05, 0.1) is 13.2 Å². The molecule has 0 aromatic heterocycles. The number of hydrogen-bond acceptors (Lipinski definition) is 5. The summed E-state index contributed by atoms with van der Waals surface area (Å²) in [7, 11) is 3.33. The van der Waals surface area contributed by atoms with Gasteiger partial charge in [-0.05, 0) is 48.5 Å². The zero-order valence-electron chi connectivity index (χ0n) is 15.8. The molecule has 0 saturated heterocycles. The van der Waals surface area contributed by atoms with Crippen molar-refractivity contribution >= 4 is 28.9 Å². The molecule has 2 rings (SSSR count). The van der Waals surface area contributed by atoms with E-state index in [-0.39, 0.29) is 18.4 Å². The van der Waals surface area contributed by atoms with Crippen molar-refractivity contribution in [1.82, 2.24) is 0 Å². The summed E-state index contributed by atoms with van der Waals surface area (Å²) in [6.45, 7) is 2.66. The van der Waals surface area contributed by atoms with Crippen LogP contribution >= 0.6 is 0 Å². The van der Waals surface area contributed by atoms with Gasteiger partial charge in [-0.25, -0.2) is 0 Å². The van der Waals surface area contributed by atoms with E-state index in [9.17, 15) is 9.59 Å². The van der Waals surface area contributed by atoms with E-state index < -0.39 is 0 Å². The van der Waals surface area contributed by atoms with Gasteiger partial charge in [-0.15, -0.1) is 0 Å². The number of hydrogen-bond donors (Lipinski definition) is 2. The molecule has 0 saturated carbocycles. The van der Waals surface area contributed by atoms with Gasteiger partial charge < -0.3 is 25.0 Å². The SMILES string of the molecule is COCCOc1ccc(NCC(=O)Nc2ccc(N(C)C(C)=O)cc2)cc1. The first-order valence-electron chi connectivity index (χ1n) is 8.59. The molecule has 2 aromatic carbocycles. The maximum atomic E-state index is 12.1. The summed E-state index contributed by atoms with van der Waals surface area (Å²) in [5.74, 6) is 0.534. The fourth-order valence-electron chi connectivity index (χ4n) is 2.25. The third kappa shape index (κ3) is 6.63. The molecule has 0 aliphatic rings. The lowest BCUT2D eigenvalue weighted by Crippen LogP contribution is -2.23. The molecule has 0 spiro atoms. The van der Waals surface area contributed by atoms with Gasteiger partial charge in [0.1, 0.15) is 12.4 Å². The number of nitrogens with zero attached hydrogens (tertiary/aromatic N) is 1. The molecule has 0 aliphatic carbocycles. The highest BCUT2D eigenvalue weighted by Crippen LogP contribution is 2.17. The molecule has 0 fully saturated rings. The van der Waals surface area contributed by atoms with Gasteiger partial charge in [-0.1, -0.05) is 0 Å². The molecule has 2 N–H and O–H groups in total. The monoisotopic (exact) mass is 371 g/mol. The molecule has 2 amide bonds. The van der Waals surface area contributed by atoms with Gasteiger partial charge in [-0.3, -0.25) is 9.59 Å². The second-order valence-electron chi connectivity index (χ2n) is 5.89. The van der Waals surface area contributed by atoms with E-state index in [1.54, 1.807) is 38.4 Å². The molecule has 0 aliphatic heterocycles. The third-order valence-corrected chi connectivity index (χ3v) is 3.87. The standard InChI is InChI=1S/C20H25N3O4/c1-15(24)23(2)18-8-4-17(5-9-18)22-20(25)14-21-16-6-10-19(11-7-16)27-13-12-26-3/h4-11,21H,12-14H2,1-3H3,(H,22,25). The number of methoxy groups -OCH3 is 1. The van der Waals surface area contributed by atoms with Crippen LogP contribution in [0.5, 0.6) is 5.75 Å². The van der Waals surface area contributed by atoms with Gasteiger partial charge in [0.2, 0.25) is 11.8 Å². The van der Waals surface area contributed by atoms with Crippen LogP contribution < -0.4 is 20.3 Å². The average molecular weight is 371 g/mol. The molecule has 27 heavy (non-hydrogen) atoms. The second-order valence-corrected chi connectivity index (χ2v) is 5.89. The minimum Gasteiger partial charge on any atom is -0.491 e. The Labute approximate surface area is 159 Å². The molecule has 144 valence electrons. The molecular weight excluding hydrogens is 346 g/mol. The van der Waals surface area contributed by atoms with Gasteiger partial charge in [-0.2, -0.15) is 0 Å². The predicted octanol–water partition coefficient (Wildman–Crippen LogP) is 2.75. The van der Waals surface area contributed by atoms with E-state index in [2.05, 4.69) is 10.6 Å². The normalized spacial score (nSPS) is 10.2. The molecule has 2 aromatic rings. The van der Waals surface area contributed by atoms with E-state index in [4.69, 9.17) is 9.47 Å². The van der Waals surface area contributed by atoms with E-state index in [1.807, 2.05) is 24.3 Å². The Balaban J connectivity index is 1.79. The third-order valence-electron chi connectivity index (χ3n) is 3.87. The fraction of sp³-hybridized carbons (Fsp3) is 0.300. The van der Waals surface area contributed by atoms with Crippen molar-refractivity contribution in [2.45, 2.75) is 6.92 Å². The van der Waals surface area contributed by atoms with Crippen LogP contribution in [-0.4, -0.2) is 45.7 Å². The van der Waals surface area contributed by atoms with Gasteiger partial charge >= 0.3 is 0 Å². The zero-order valence-corrected chi connectivity index (χ0v) is 15.8.